The third kappa shape index (κ3) is 4.27. The Kier molecular flexibility index (Phi) is 5.28. The van der Waals surface area contributed by atoms with E-state index in [1.165, 1.54) is 0 Å². The Morgan fingerprint density at radius 2 is 1.81 bits per heavy atom. The van der Waals surface area contributed by atoms with Crippen LogP contribution >= 0.6 is 0 Å². The van der Waals surface area contributed by atoms with E-state index >= 15 is 0 Å². The quantitative estimate of drug-likeness (QED) is 0.274. The predicted molar refractivity (Wildman–Crippen MR) is 97.9 cm³/mol. The van der Waals surface area contributed by atoms with Gasteiger partial charge in [-0.05, 0) is 11.1 Å². The topological polar surface area (TPSA) is 106 Å². The van der Waals surface area contributed by atoms with Gasteiger partial charge >= 0.3 is 0 Å². The van der Waals surface area contributed by atoms with Gasteiger partial charge in [-0.25, -0.2) is 0 Å². The number of hydrogen-bond acceptors (Lipinski definition) is 4. The highest BCUT2D eigenvalue weighted by Crippen LogP contribution is 2.06. The van der Waals surface area contributed by atoms with Crippen molar-refractivity contribution in [2.24, 2.45) is 10.9 Å². The number of hydrogen-bond donors (Lipinski definition) is 3. The Balaban J connectivity index is 1.57. The van der Waals surface area contributed by atoms with E-state index in [-0.39, 0.29) is 11.7 Å². The van der Waals surface area contributed by atoms with Crippen molar-refractivity contribution >= 4 is 11.7 Å². The summed E-state index contributed by atoms with van der Waals surface area (Å²) in [6.07, 6.45) is 3.28. The number of oxime groups is 1. The lowest BCUT2D eigenvalue weighted by molar-refractivity contribution is 0.0951. The molecular formula is C19H19N5O2. The Hall–Kier alpha value is -3.61. The number of amides is 1. The third-order valence-electron chi connectivity index (χ3n) is 3.89. The van der Waals surface area contributed by atoms with E-state index in [0.29, 0.717) is 24.2 Å². The molecule has 0 aliphatic heterocycles. The van der Waals surface area contributed by atoms with Crippen LogP contribution in [-0.2, 0) is 13.1 Å². The van der Waals surface area contributed by atoms with Crippen molar-refractivity contribution in [2.75, 3.05) is 0 Å². The molecule has 7 heteroatoms. The SMILES string of the molecule is N/C(=N\O)c1ccc(CNC(=O)c2cnn(Cc3ccccc3)c2)cc1. The van der Waals surface area contributed by atoms with Crippen LogP contribution in [0.15, 0.2) is 72.1 Å². The lowest BCUT2D eigenvalue weighted by Crippen LogP contribution is -2.22. The van der Waals surface area contributed by atoms with Gasteiger partial charge in [0.15, 0.2) is 5.84 Å². The molecule has 26 heavy (non-hydrogen) atoms. The first kappa shape index (κ1) is 17.2. The van der Waals surface area contributed by atoms with Gasteiger partial charge in [-0.3, -0.25) is 9.48 Å². The number of nitrogens with two attached hydrogens (primary N) is 1. The monoisotopic (exact) mass is 349 g/mol. The number of benzene rings is 2. The maximum atomic E-state index is 12.3. The van der Waals surface area contributed by atoms with Crippen molar-refractivity contribution in [3.63, 3.8) is 0 Å². The minimum absolute atomic E-state index is 0.0476. The number of carbonyl (C=O) groups excluding carboxylic acids is 1. The van der Waals surface area contributed by atoms with E-state index in [0.717, 1.165) is 11.1 Å². The van der Waals surface area contributed by atoms with Gasteiger partial charge in [0.25, 0.3) is 5.91 Å². The molecule has 2 aromatic carbocycles. The maximum absolute atomic E-state index is 12.3. The number of nitrogens with zero attached hydrogens (tertiary/aromatic N) is 3. The molecule has 0 saturated carbocycles. The fraction of sp³-hybridized carbons (Fsp3) is 0.105. The largest absolute Gasteiger partial charge is 0.409 e. The van der Waals surface area contributed by atoms with Gasteiger partial charge in [0.1, 0.15) is 0 Å². The maximum Gasteiger partial charge on any atom is 0.254 e. The molecule has 132 valence electrons. The highest BCUT2D eigenvalue weighted by atomic mass is 16.4. The van der Waals surface area contributed by atoms with Crippen LogP contribution in [0.4, 0.5) is 0 Å². The number of amidine groups is 1. The standard InChI is InChI=1S/C19H19N5O2/c20-18(23-26)16-8-6-14(7-9-16)10-21-19(25)17-11-22-24(13-17)12-15-4-2-1-3-5-15/h1-9,11,13,26H,10,12H2,(H2,20,23)(H,21,25). The number of rotatable bonds is 6. The van der Waals surface area contributed by atoms with E-state index < -0.39 is 0 Å². The Bertz CT molecular complexity index is 901. The minimum Gasteiger partial charge on any atom is -0.409 e. The molecule has 0 unspecified atom stereocenters. The summed E-state index contributed by atoms with van der Waals surface area (Å²) >= 11 is 0. The van der Waals surface area contributed by atoms with Gasteiger partial charge in [-0.15, -0.1) is 0 Å². The summed E-state index contributed by atoms with van der Waals surface area (Å²) < 4.78 is 1.73. The molecule has 0 spiro atoms. The fourth-order valence-electron chi connectivity index (χ4n) is 2.47. The summed E-state index contributed by atoms with van der Waals surface area (Å²) in [7, 11) is 0. The van der Waals surface area contributed by atoms with Gasteiger partial charge in [0.2, 0.25) is 0 Å². The lowest BCUT2D eigenvalue weighted by Gasteiger charge is -2.05. The zero-order valence-electron chi connectivity index (χ0n) is 14.0. The van der Waals surface area contributed by atoms with Gasteiger partial charge in [0, 0.05) is 18.3 Å². The second kappa shape index (κ2) is 7.98. The Morgan fingerprint density at radius 1 is 1.08 bits per heavy atom. The van der Waals surface area contributed by atoms with Gasteiger partial charge in [0.05, 0.1) is 18.3 Å². The Morgan fingerprint density at radius 3 is 2.50 bits per heavy atom. The molecule has 0 atom stereocenters. The zero-order chi connectivity index (χ0) is 18.4. The van der Waals surface area contributed by atoms with Crippen LogP contribution in [0, 0.1) is 0 Å². The summed E-state index contributed by atoms with van der Waals surface area (Å²) in [4.78, 5) is 12.3. The summed E-state index contributed by atoms with van der Waals surface area (Å²) in [5.74, 6) is -0.142. The average molecular weight is 349 g/mol. The molecule has 1 amide bonds. The second-order valence-corrected chi connectivity index (χ2v) is 5.78. The molecule has 3 rings (SSSR count). The summed E-state index contributed by atoms with van der Waals surface area (Å²) in [5.41, 5.74) is 8.67. The van der Waals surface area contributed by atoms with E-state index in [2.05, 4.69) is 15.6 Å². The minimum atomic E-state index is -0.190. The van der Waals surface area contributed by atoms with Gasteiger partial charge < -0.3 is 16.3 Å². The van der Waals surface area contributed by atoms with Crippen LogP contribution in [0.25, 0.3) is 0 Å². The van der Waals surface area contributed by atoms with Crippen LogP contribution < -0.4 is 11.1 Å². The first-order valence-corrected chi connectivity index (χ1v) is 8.07. The van der Waals surface area contributed by atoms with Gasteiger partial charge in [-0.1, -0.05) is 59.8 Å². The molecule has 0 saturated heterocycles. The third-order valence-corrected chi connectivity index (χ3v) is 3.89. The van der Waals surface area contributed by atoms with E-state index in [1.807, 2.05) is 42.5 Å². The van der Waals surface area contributed by atoms with E-state index in [1.54, 1.807) is 29.2 Å². The van der Waals surface area contributed by atoms with Crippen molar-refractivity contribution in [3.8, 4) is 0 Å². The predicted octanol–water partition coefficient (Wildman–Crippen LogP) is 1.96. The van der Waals surface area contributed by atoms with Crippen molar-refractivity contribution < 1.29 is 10.0 Å². The highest BCUT2D eigenvalue weighted by molar-refractivity contribution is 5.97. The molecule has 4 N–H and O–H groups in total. The number of carbonyl (C=O) groups is 1. The lowest BCUT2D eigenvalue weighted by atomic mass is 10.1. The second-order valence-electron chi connectivity index (χ2n) is 5.78. The van der Waals surface area contributed by atoms with Gasteiger partial charge in [-0.2, -0.15) is 5.10 Å². The van der Waals surface area contributed by atoms with Crippen molar-refractivity contribution in [1.82, 2.24) is 15.1 Å². The molecule has 0 fully saturated rings. The molecule has 7 nitrogen and oxygen atoms in total. The van der Waals surface area contributed by atoms with Crippen LogP contribution in [0.2, 0.25) is 0 Å². The van der Waals surface area contributed by atoms with Crippen LogP contribution in [-0.4, -0.2) is 26.7 Å². The smallest absolute Gasteiger partial charge is 0.254 e. The number of nitrogens with one attached hydrogen (secondary N) is 1. The molecule has 0 bridgehead atoms. The summed E-state index contributed by atoms with van der Waals surface area (Å²) in [5, 5.41) is 18.7. The average Bonchev–Trinajstić information content (AvgIpc) is 3.15. The van der Waals surface area contributed by atoms with Crippen molar-refractivity contribution in [3.05, 3.63) is 89.2 Å². The Labute approximate surface area is 150 Å². The first-order chi connectivity index (χ1) is 12.7. The molecule has 1 aromatic heterocycles. The summed E-state index contributed by atoms with van der Waals surface area (Å²) in [6.45, 7) is 0.989. The zero-order valence-corrected chi connectivity index (χ0v) is 14.0. The molecular weight excluding hydrogens is 330 g/mol. The van der Waals surface area contributed by atoms with Crippen LogP contribution in [0.3, 0.4) is 0 Å². The van der Waals surface area contributed by atoms with Crippen LogP contribution in [0.5, 0.6) is 0 Å². The summed E-state index contributed by atoms with van der Waals surface area (Å²) in [6, 6.07) is 17.0. The first-order valence-electron chi connectivity index (χ1n) is 8.07. The molecule has 0 radical (unpaired) electrons. The molecule has 3 aromatic rings. The van der Waals surface area contributed by atoms with Crippen LogP contribution in [0.1, 0.15) is 27.0 Å². The van der Waals surface area contributed by atoms with Crippen molar-refractivity contribution in [2.45, 2.75) is 13.1 Å². The van der Waals surface area contributed by atoms with Crippen molar-refractivity contribution in [1.29, 1.82) is 0 Å². The van der Waals surface area contributed by atoms with E-state index in [4.69, 9.17) is 10.9 Å². The normalized spacial score (nSPS) is 11.3. The molecule has 0 aliphatic rings. The molecule has 1 heterocycles. The highest BCUT2D eigenvalue weighted by Gasteiger charge is 2.09. The molecule has 0 aliphatic carbocycles. The fourth-order valence-corrected chi connectivity index (χ4v) is 2.47. The van der Waals surface area contributed by atoms with E-state index in [9.17, 15) is 4.79 Å². The number of aromatic nitrogens is 2.